The molecule has 1 N–H and O–H groups in total. The number of halogens is 1. The van der Waals surface area contributed by atoms with Gasteiger partial charge in [-0.2, -0.15) is 5.10 Å². The molecule has 0 bridgehead atoms. The maximum Gasteiger partial charge on any atom is 0.0571 e. The van der Waals surface area contributed by atoms with Crippen LogP contribution < -0.4 is 5.32 Å². The van der Waals surface area contributed by atoms with Crippen LogP contribution in [0.2, 0.25) is 5.02 Å². The molecule has 0 atom stereocenters. The zero-order valence-electron chi connectivity index (χ0n) is 9.37. The van der Waals surface area contributed by atoms with Crippen LogP contribution in [0.25, 0.3) is 0 Å². The molecule has 0 radical (unpaired) electrons. The van der Waals surface area contributed by atoms with Gasteiger partial charge >= 0.3 is 0 Å². The van der Waals surface area contributed by atoms with E-state index in [2.05, 4.69) is 17.3 Å². The number of nitrogens with zero attached hydrogens (tertiary/aromatic N) is 2. The van der Waals surface area contributed by atoms with Crippen LogP contribution in [0.4, 0.5) is 5.69 Å². The van der Waals surface area contributed by atoms with Crippen molar-refractivity contribution in [2.75, 3.05) is 5.32 Å². The van der Waals surface area contributed by atoms with Crippen molar-refractivity contribution in [3.05, 3.63) is 46.7 Å². The summed E-state index contributed by atoms with van der Waals surface area (Å²) >= 11 is 5.95. The number of anilines is 1. The highest BCUT2D eigenvalue weighted by Gasteiger charge is 2.01. The molecule has 16 heavy (non-hydrogen) atoms. The minimum atomic E-state index is 0.748. The van der Waals surface area contributed by atoms with Crippen LogP contribution in [-0.2, 0) is 13.6 Å². The van der Waals surface area contributed by atoms with Gasteiger partial charge in [0.1, 0.15) is 0 Å². The van der Waals surface area contributed by atoms with Gasteiger partial charge in [0.15, 0.2) is 0 Å². The summed E-state index contributed by atoms with van der Waals surface area (Å²) < 4.78 is 1.85. The Kier molecular flexibility index (Phi) is 3.15. The summed E-state index contributed by atoms with van der Waals surface area (Å²) in [6.07, 6.45) is 1.79. The van der Waals surface area contributed by atoms with E-state index >= 15 is 0 Å². The maximum atomic E-state index is 5.95. The normalized spacial score (nSPS) is 10.4. The van der Waals surface area contributed by atoms with E-state index in [0.717, 1.165) is 22.9 Å². The molecule has 0 aliphatic carbocycles. The lowest BCUT2D eigenvalue weighted by Gasteiger charge is -2.09. The molecule has 1 aromatic carbocycles. The summed E-state index contributed by atoms with van der Waals surface area (Å²) in [5, 5.41) is 8.22. The van der Waals surface area contributed by atoms with E-state index in [-0.39, 0.29) is 0 Å². The van der Waals surface area contributed by atoms with Gasteiger partial charge in [0, 0.05) is 24.0 Å². The zero-order chi connectivity index (χ0) is 11.5. The highest BCUT2D eigenvalue weighted by Crippen LogP contribution is 2.20. The second kappa shape index (κ2) is 4.58. The van der Waals surface area contributed by atoms with E-state index in [1.54, 1.807) is 6.20 Å². The van der Waals surface area contributed by atoms with Gasteiger partial charge in [0.2, 0.25) is 0 Å². The number of benzene rings is 1. The first-order valence-electron chi connectivity index (χ1n) is 5.14. The fourth-order valence-corrected chi connectivity index (χ4v) is 1.72. The van der Waals surface area contributed by atoms with E-state index in [1.807, 2.05) is 36.0 Å². The Hall–Kier alpha value is -1.48. The van der Waals surface area contributed by atoms with Gasteiger partial charge in [-0.05, 0) is 30.7 Å². The second-order valence-corrected chi connectivity index (χ2v) is 4.20. The quantitative estimate of drug-likeness (QED) is 0.887. The molecule has 2 rings (SSSR count). The summed E-state index contributed by atoms with van der Waals surface area (Å²) in [7, 11) is 1.93. The van der Waals surface area contributed by atoms with Crippen molar-refractivity contribution in [2.24, 2.45) is 7.05 Å². The molecule has 0 unspecified atom stereocenters. The molecule has 4 heteroatoms. The van der Waals surface area contributed by atoms with Crippen LogP contribution >= 0.6 is 11.6 Å². The zero-order valence-corrected chi connectivity index (χ0v) is 10.1. The van der Waals surface area contributed by atoms with Crippen LogP contribution in [0.3, 0.4) is 0 Å². The molecule has 3 nitrogen and oxygen atoms in total. The number of aryl methyl sites for hydroxylation is 2. The summed E-state index contributed by atoms with van der Waals surface area (Å²) in [4.78, 5) is 0. The lowest BCUT2D eigenvalue weighted by Crippen LogP contribution is -2.06. The van der Waals surface area contributed by atoms with Crippen molar-refractivity contribution in [3.63, 3.8) is 0 Å². The van der Waals surface area contributed by atoms with Gasteiger partial charge in [-0.1, -0.05) is 17.7 Å². The highest BCUT2D eigenvalue weighted by molar-refractivity contribution is 6.30. The standard InChI is InChI=1S/C12H14ClN3/c1-9-3-4-10(13)7-12(9)14-8-11-5-6-15-16(11)2/h3-7,14H,8H2,1-2H3. The Bertz CT molecular complexity index is 491. The van der Waals surface area contributed by atoms with Crippen LogP contribution in [0.5, 0.6) is 0 Å². The number of nitrogens with one attached hydrogen (secondary N) is 1. The largest absolute Gasteiger partial charge is 0.379 e. The fraction of sp³-hybridized carbons (Fsp3) is 0.250. The van der Waals surface area contributed by atoms with Gasteiger partial charge in [-0.15, -0.1) is 0 Å². The fourth-order valence-electron chi connectivity index (χ4n) is 1.55. The van der Waals surface area contributed by atoms with Gasteiger partial charge in [0.25, 0.3) is 0 Å². The minimum Gasteiger partial charge on any atom is -0.379 e. The maximum absolute atomic E-state index is 5.95. The van der Waals surface area contributed by atoms with Crippen molar-refractivity contribution >= 4 is 17.3 Å². The monoisotopic (exact) mass is 235 g/mol. The van der Waals surface area contributed by atoms with Crippen LogP contribution in [0.1, 0.15) is 11.3 Å². The highest BCUT2D eigenvalue weighted by atomic mass is 35.5. The lowest BCUT2D eigenvalue weighted by atomic mass is 10.2. The Morgan fingerprint density at radius 1 is 1.38 bits per heavy atom. The molecule has 2 aromatic rings. The van der Waals surface area contributed by atoms with Gasteiger partial charge in [-0.25, -0.2) is 0 Å². The Morgan fingerprint density at radius 2 is 2.19 bits per heavy atom. The molecule has 0 aliphatic heterocycles. The smallest absolute Gasteiger partial charge is 0.0571 e. The third-order valence-electron chi connectivity index (χ3n) is 2.58. The second-order valence-electron chi connectivity index (χ2n) is 3.76. The SMILES string of the molecule is Cc1ccc(Cl)cc1NCc1ccnn1C. The molecule has 84 valence electrons. The van der Waals surface area contributed by atoms with E-state index in [0.29, 0.717) is 0 Å². The molecule has 0 saturated heterocycles. The van der Waals surface area contributed by atoms with Crippen molar-refractivity contribution in [2.45, 2.75) is 13.5 Å². The van der Waals surface area contributed by atoms with Crippen molar-refractivity contribution < 1.29 is 0 Å². The Morgan fingerprint density at radius 3 is 2.88 bits per heavy atom. The van der Waals surface area contributed by atoms with Crippen LogP contribution in [-0.4, -0.2) is 9.78 Å². The van der Waals surface area contributed by atoms with Crippen LogP contribution in [0.15, 0.2) is 30.5 Å². The molecule has 0 aliphatic rings. The lowest BCUT2D eigenvalue weighted by molar-refractivity contribution is 0.720. The van der Waals surface area contributed by atoms with Gasteiger partial charge in [-0.3, -0.25) is 4.68 Å². The van der Waals surface area contributed by atoms with E-state index in [4.69, 9.17) is 11.6 Å². The van der Waals surface area contributed by atoms with E-state index in [9.17, 15) is 0 Å². The topological polar surface area (TPSA) is 29.9 Å². The van der Waals surface area contributed by atoms with Crippen molar-refractivity contribution in [1.29, 1.82) is 0 Å². The molecule has 0 fully saturated rings. The summed E-state index contributed by atoms with van der Waals surface area (Å²) in [5.41, 5.74) is 3.39. The third kappa shape index (κ3) is 2.36. The first kappa shape index (κ1) is 11.0. The van der Waals surface area contributed by atoms with Crippen LogP contribution in [0, 0.1) is 6.92 Å². The first-order valence-corrected chi connectivity index (χ1v) is 5.51. The molecule has 0 amide bonds. The van der Waals surface area contributed by atoms with Crippen molar-refractivity contribution in [3.8, 4) is 0 Å². The van der Waals surface area contributed by atoms with E-state index < -0.39 is 0 Å². The Labute approximate surface area is 100 Å². The molecule has 0 saturated carbocycles. The summed E-state index contributed by atoms with van der Waals surface area (Å²) in [5.74, 6) is 0. The molecular weight excluding hydrogens is 222 g/mol. The number of hydrogen-bond donors (Lipinski definition) is 1. The third-order valence-corrected chi connectivity index (χ3v) is 2.82. The van der Waals surface area contributed by atoms with Gasteiger partial charge in [0.05, 0.1) is 12.2 Å². The minimum absolute atomic E-state index is 0.748. The average molecular weight is 236 g/mol. The summed E-state index contributed by atoms with van der Waals surface area (Å²) in [6.45, 7) is 2.81. The molecule has 1 heterocycles. The molecular formula is C12H14ClN3. The number of aromatic nitrogens is 2. The molecule has 0 spiro atoms. The Balaban J connectivity index is 2.10. The van der Waals surface area contributed by atoms with Crippen molar-refractivity contribution in [1.82, 2.24) is 9.78 Å². The van der Waals surface area contributed by atoms with Gasteiger partial charge < -0.3 is 5.32 Å². The number of hydrogen-bond acceptors (Lipinski definition) is 2. The molecule has 1 aromatic heterocycles. The average Bonchev–Trinajstić information content (AvgIpc) is 2.66. The number of rotatable bonds is 3. The predicted octanol–water partition coefficient (Wildman–Crippen LogP) is 2.99. The summed E-state index contributed by atoms with van der Waals surface area (Å²) in [6, 6.07) is 7.83. The predicted molar refractivity (Wildman–Crippen MR) is 66.7 cm³/mol. The first-order chi connectivity index (χ1) is 7.66. The van der Waals surface area contributed by atoms with E-state index in [1.165, 1.54) is 5.56 Å².